The number of hydrogen-bond acceptors (Lipinski definition) is 6. The SMILES string of the molecule is CCCc1noc([C@@H](C)S(=O)(=O)c2ncc(-c3ccccc3)[nH]2)n1. The first kappa shape index (κ1) is 16.4. The molecule has 2 aromatic heterocycles. The predicted molar refractivity (Wildman–Crippen MR) is 87.9 cm³/mol. The summed E-state index contributed by atoms with van der Waals surface area (Å²) in [6, 6.07) is 9.40. The molecule has 0 spiro atoms. The fourth-order valence-corrected chi connectivity index (χ4v) is 3.42. The quantitative estimate of drug-likeness (QED) is 0.736. The maximum absolute atomic E-state index is 12.7. The van der Waals surface area contributed by atoms with Crippen molar-refractivity contribution in [3.63, 3.8) is 0 Å². The Bertz CT molecular complexity index is 916. The van der Waals surface area contributed by atoms with Gasteiger partial charge in [0.2, 0.25) is 20.9 Å². The molecule has 24 heavy (non-hydrogen) atoms. The van der Waals surface area contributed by atoms with E-state index in [1.807, 2.05) is 37.3 Å². The molecule has 1 aromatic carbocycles. The van der Waals surface area contributed by atoms with Crippen molar-refractivity contribution in [3.8, 4) is 11.3 Å². The highest BCUT2D eigenvalue weighted by molar-refractivity contribution is 7.91. The summed E-state index contributed by atoms with van der Waals surface area (Å²) in [7, 11) is -3.74. The maximum atomic E-state index is 12.7. The second kappa shape index (κ2) is 6.56. The van der Waals surface area contributed by atoms with Crippen molar-refractivity contribution in [2.75, 3.05) is 0 Å². The van der Waals surface area contributed by atoms with E-state index in [1.165, 1.54) is 13.1 Å². The number of hydrogen-bond donors (Lipinski definition) is 1. The highest BCUT2D eigenvalue weighted by atomic mass is 32.2. The minimum Gasteiger partial charge on any atom is -0.338 e. The summed E-state index contributed by atoms with van der Waals surface area (Å²) < 4.78 is 30.5. The lowest BCUT2D eigenvalue weighted by Gasteiger charge is -2.05. The van der Waals surface area contributed by atoms with E-state index in [2.05, 4.69) is 20.1 Å². The Morgan fingerprint density at radius 1 is 1.25 bits per heavy atom. The van der Waals surface area contributed by atoms with E-state index in [-0.39, 0.29) is 11.0 Å². The molecule has 0 fully saturated rings. The average molecular weight is 346 g/mol. The summed E-state index contributed by atoms with van der Waals surface area (Å²) >= 11 is 0. The third-order valence-electron chi connectivity index (χ3n) is 3.68. The zero-order chi connectivity index (χ0) is 17.2. The van der Waals surface area contributed by atoms with Gasteiger partial charge in [0.1, 0.15) is 5.25 Å². The van der Waals surface area contributed by atoms with Gasteiger partial charge in [-0.2, -0.15) is 4.98 Å². The van der Waals surface area contributed by atoms with Crippen molar-refractivity contribution in [1.29, 1.82) is 0 Å². The lowest BCUT2D eigenvalue weighted by Crippen LogP contribution is -2.12. The van der Waals surface area contributed by atoms with Crippen molar-refractivity contribution in [2.24, 2.45) is 0 Å². The summed E-state index contributed by atoms with van der Waals surface area (Å²) in [5.41, 5.74) is 1.50. The predicted octanol–water partition coefficient (Wildman–Crippen LogP) is 2.95. The van der Waals surface area contributed by atoms with Gasteiger partial charge in [-0.25, -0.2) is 13.4 Å². The van der Waals surface area contributed by atoms with Gasteiger partial charge in [-0.1, -0.05) is 42.4 Å². The number of benzene rings is 1. The Kier molecular flexibility index (Phi) is 4.48. The Balaban J connectivity index is 1.88. The van der Waals surface area contributed by atoms with E-state index in [0.29, 0.717) is 17.9 Å². The van der Waals surface area contributed by atoms with Crippen LogP contribution in [-0.4, -0.2) is 28.5 Å². The lowest BCUT2D eigenvalue weighted by molar-refractivity contribution is 0.370. The largest absolute Gasteiger partial charge is 0.338 e. The van der Waals surface area contributed by atoms with Crippen LogP contribution < -0.4 is 0 Å². The number of aromatic amines is 1. The van der Waals surface area contributed by atoms with Crippen LogP contribution in [0.5, 0.6) is 0 Å². The van der Waals surface area contributed by atoms with Crippen molar-refractivity contribution in [2.45, 2.75) is 37.1 Å². The topological polar surface area (TPSA) is 102 Å². The standard InChI is InChI=1S/C16H18N4O3S/c1-3-7-14-19-15(23-20-14)11(2)24(21,22)16-17-10-13(18-16)12-8-5-4-6-9-12/h4-6,8-11H,3,7H2,1-2H3,(H,17,18)/t11-/m1/s1. The number of nitrogens with zero attached hydrogens (tertiary/aromatic N) is 3. The van der Waals surface area contributed by atoms with Gasteiger partial charge < -0.3 is 9.51 Å². The average Bonchev–Trinajstić information content (AvgIpc) is 3.25. The fraction of sp³-hybridized carbons (Fsp3) is 0.312. The molecule has 0 aliphatic rings. The van der Waals surface area contributed by atoms with Crippen LogP contribution >= 0.6 is 0 Å². The molecule has 0 saturated carbocycles. The molecule has 0 amide bonds. The second-order valence-electron chi connectivity index (χ2n) is 5.45. The summed E-state index contributed by atoms with van der Waals surface area (Å²) in [4.78, 5) is 11.0. The highest BCUT2D eigenvalue weighted by Gasteiger charge is 2.32. The van der Waals surface area contributed by atoms with Crippen LogP contribution in [0.15, 0.2) is 46.2 Å². The van der Waals surface area contributed by atoms with E-state index in [4.69, 9.17) is 4.52 Å². The normalized spacial score (nSPS) is 13.1. The Morgan fingerprint density at radius 2 is 2.00 bits per heavy atom. The van der Waals surface area contributed by atoms with Crippen molar-refractivity contribution in [1.82, 2.24) is 20.1 Å². The Hall–Kier alpha value is -2.48. The summed E-state index contributed by atoms with van der Waals surface area (Å²) in [5, 5.41) is 2.73. The molecule has 8 heteroatoms. The number of aryl methyl sites for hydroxylation is 1. The summed E-state index contributed by atoms with van der Waals surface area (Å²) in [6.45, 7) is 3.51. The fourth-order valence-electron chi connectivity index (χ4n) is 2.27. The van der Waals surface area contributed by atoms with E-state index in [9.17, 15) is 8.42 Å². The van der Waals surface area contributed by atoms with E-state index in [1.54, 1.807) is 0 Å². The monoisotopic (exact) mass is 346 g/mol. The zero-order valence-electron chi connectivity index (χ0n) is 13.4. The number of rotatable bonds is 6. The van der Waals surface area contributed by atoms with Gasteiger partial charge in [-0.05, 0) is 18.9 Å². The summed E-state index contributed by atoms with van der Waals surface area (Å²) in [6.07, 6.45) is 3.01. The van der Waals surface area contributed by atoms with Crippen LogP contribution in [0.1, 0.15) is 37.2 Å². The molecule has 1 atom stereocenters. The van der Waals surface area contributed by atoms with Crippen molar-refractivity contribution >= 4 is 9.84 Å². The van der Waals surface area contributed by atoms with Crippen LogP contribution in [0.2, 0.25) is 0 Å². The number of imidazole rings is 1. The van der Waals surface area contributed by atoms with E-state index < -0.39 is 15.1 Å². The van der Waals surface area contributed by atoms with Gasteiger partial charge in [-0.15, -0.1) is 0 Å². The molecule has 126 valence electrons. The van der Waals surface area contributed by atoms with E-state index >= 15 is 0 Å². The van der Waals surface area contributed by atoms with Gasteiger partial charge in [0.15, 0.2) is 5.82 Å². The first-order chi connectivity index (χ1) is 11.5. The molecule has 0 radical (unpaired) electrons. The van der Waals surface area contributed by atoms with Crippen LogP contribution in [0.25, 0.3) is 11.3 Å². The second-order valence-corrected chi connectivity index (χ2v) is 7.64. The van der Waals surface area contributed by atoms with Crippen molar-refractivity contribution in [3.05, 3.63) is 48.2 Å². The molecule has 0 saturated heterocycles. The smallest absolute Gasteiger partial charge is 0.245 e. The number of nitrogens with one attached hydrogen (secondary N) is 1. The molecule has 0 bridgehead atoms. The molecule has 7 nitrogen and oxygen atoms in total. The van der Waals surface area contributed by atoms with Gasteiger partial charge >= 0.3 is 0 Å². The molecule has 3 aromatic rings. The third kappa shape index (κ3) is 3.09. The molecule has 0 aliphatic heterocycles. The minimum atomic E-state index is -3.74. The zero-order valence-corrected chi connectivity index (χ0v) is 14.2. The summed E-state index contributed by atoms with van der Waals surface area (Å²) in [5.74, 6) is 0.593. The number of H-pyrrole nitrogens is 1. The maximum Gasteiger partial charge on any atom is 0.245 e. The highest BCUT2D eigenvalue weighted by Crippen LogP contribution is 2.27. The molecule has 1 N–H and O–H groups in total. The van der Waals surface area contributed by atoms with Crippen LogP contribution in [0.3, 0.4) is 0 Å². The van der Waals surface area contributed by atoms with Gasteiger partial charge in [0, 0.05) is 6.42 Å². The van der Waals surface area contributed by atoms with Gasteiger partial charge in [0.05, 0.1) is 11.9 Å². The van der Waals surface area contributed by atoms with Crippen molar-refractivity contribution < 1.29 is 12.9 Å². The first-order valence-corrected chi connectivity index (χ1v) is 9.23. The number of aromatic nitrogens is 4. The van der Waals surface area contributed by atoms with Crippen LogP contribution in [0, 0.1) is 0 Å². The molecule has 0 aliphatic carbocycles. The number of sulfone groups is 1. The first-order valence-electron chi connectivity index (χ1n) is 7.69. The Morgan fingerprint density at radius 3 is 2.71 bits per heavy atom. The molecular formula is C16H18N4O3S. The van der Waals surface area contributed by atoms with Crippen LogP contribution in [0.4, 0.5) is 0 Å². The molecule has 2 heterocycles. The Labute approximate surface area is 140 Å². The van der Waals surface area contributed by atoms with Gasteiger partial charge in [0.25, 0.3) is 0 Å². The third-order valence-corrected chi connectivity index (χ3v) is 5.56. The van der Waals surface area contributed by atoms with Crippen LogP contribution in [-0.2, 0) is 16.3 Å². The molecule has 0 unspecified atom stereocenters. The minimum absolute atomic E-state index is 0.0797. The lowest BCUT2D eigenvalue weighted by atomic mass is 10.2. The van der Waals surface area contributed by atoms with Gasteiger partial charge in [-0.3, -0.25) is 0 Å². The molecular weight excluding hydrogens is 328 g/mol. The van der Waals surface area contributed by atoms with E-state index in [0.717, 1.165) is 12.0 Å². The molecule has 3 rings (SSSR count).